The first-order chi connectivity index (χ1) is 21.5. The highest BCUT2D eigenvalue weighted by Crippen LogP contribution is 2.23. The number of amides is 1. The van der Waals surface area contributed by atoms with E-state index in [0.29, 0.717) is 42.8 Å². The second kappa shape index (κ2) is 20.4. The van der Waals surface area contributed by atoms with E-state index in [0.717, 1.165) is 38.0 Å². The van der Waals surface area contributed by atoms with Crippen molar-refractivity contribution in [3.63, 3.8) is 0 Å². The minimum atomic E-state index is -0.459. The Morgan fingerprint density at radius 2 is 1.55 bits per heavy atom. The number of rotatable bonds is 20. The molecule has 44 heavy (non-hydrogen) atoms. The molecule has 9 heteroatoms. The van der Waals surface area contributed by atoms with Crippen LogP contribution in [0.15, 0.2) is 42.5 Å². The van der Waals surface area contributed by atoms with Crippen molar-refractivity contribution >= 4 is 17.8 Å². The van der Waals surface area contributed by atoms with Gasteiger partial charge >= 0.3 is 11.9 Å². The lowest BCUT2D eigenvalue weighted by atomic mass is 9.98. The second-order valence-corrected chi connectivity index (χ2v) is 10.9. The lowest BCUT2D eigenvalue weighted by Gasteiger charge is -2.21. The van der Waals surface area contributed by atoms with Crippen molar-refractivity contribution in [1.29, 1.82) is 0 Å². The Labute approximate surface area is 261 Å². The van der Waals surface area contributed by atoms with Gasteiger partial charge < -0.3 is 29.0 Å². The number of aryl methyl sites for hydroxylation is 1. The standard InChI is InChI=1S/C35H49NO8/c1-3-40-34(38)20-21-36-33(37)26-29-25-28(35(39)41-4-2)16-19-32(29)44-24-10-11-27-14-17-31(18-15-27)43-23-9-8-22-42-30-12-6-5-7-13-30/h14-19,25,30H,3-13,20-24,26H2,1-2H3,(H,36,37). The van der Waals surface area contributed by atoms with Crippen molar-refractivity contribution in [3.05, 3.63) is 59.2 Å². The summed E-state index contributed by atoms with van der Waals surface area (Å²) in [6, 6.07) is 13.1. The monoisotopic (exact) mass is 611 g/mol. The van der Waals surface area contributed by atoms with Crippen LogP contribution in [0.4, 0.5) is 0 Å². The minimum absolute atomic E-state index is 0.000405. The molecule has 1 amide bonds. The maximum Gasteiger partial charge on any atom is 0.338 e. The van der Waals surface area contributed by atoms with Crippen molar-refractivity contribution in [1.82, 2.24) is 5.32 Å². The maximum atomic E-state index is 12.6. The number of benzene rings is 2. The third-order valence-corrected chi connectivity index (χ3v) is 7.38. The first kappa shape index (κ1) is 34.9. The molecule has 1 fully saturated rings. The third kappa shape index (κ3) is 13.4. The van der Waals surface area contributed by atoms with E-state index in [1.807, 2.05) is 12.1 Å². The zero-order valence-electron chi connectivity index (χ0n) is 26.4. The van der Waals surface area contributed by atoms with Crippen LogP contribution in [0.2, 0.25) is 0 Å². The van der Waals surface area contributed by atoms with E-state index in [4.69, 9.17) is 23.7 Å². The highest BCUT2D eigenvalue weighted by atomic mass is 16.5. The number of esters is 2. The summed E-state index contributed by atoms with van der Waals surface area (Å²) in [5.41, 5.74) is 2.11. The van der Waals surface area contributed by atoms with Crippen LogP contribution in [-0.2, 0) is 36.6 Å². The molecule has 0 radical (unpaired) electrons. The van der Waals surface area contributed by atoms with Gasteiger partial charge in [-0.2, -0.15) is 0 Å². The molecule has 1 aliphatic rings. The van der Waals surface area contributed by atoms with Gasteiger partial charge in [0.05, 0.1) is 50.9 Å². The van der Waals surface area contributed by atoms with E-state index in [1.165, 1.54) is 37.7 Å². The first-order valence-electron chi connectivity index (χ1n) is 16.2. The van der Waals surface area contributed by atoms with Crippen LogP contribution in [0.5, 0.6) is 11.5 Å². The molecule has 2 aromatic rings. The molecular formula is C35H49NO8. The average molecular weight is 612 g/mol. The van der Waals surface area contributed by atoms with Crippen LogP contribution in [0.1, 0.15) is 93.1 Å². The summed E-state index contributed by atoms with van der Waals surface area (Å²) in [6.07, 6.45) is 10.5. The molecule has 0 unspecified atom stereocenters. The van der Waals surface area contributed by atoms with E-state index in [2.05, 4.69) is 17.4 Å². The maximum absolute atomic E-state index is 12.6. The fourth-order valence-corrected chi connectivity index (χ4v) is 5.06. The molecule has 0 aliphatic heterocycles. The zero-order chi connectivity index (χ0) is 31.4. The van der Waals surface area contributed by atoms with E-state index in [1.54, 1.807) is 32.0 Å². The molecule has 0 spiro atoms. The van der Waals surface area contributed by atoms with Crippen molar-refractivity contribution in [2.45, 2.75) is 90.6 Å². The molecule has 242 valence electrons. The van der Waals surface area contributed by atoms with Gasteiger partial charge in [0.2, 0.25) is 5.91 Å². The largest absolute Gasteiger partial charge is 0.494 e. The topological polar surface area (TPSA) is 109 Å². The summed E-state index contributed by atoms with van der Waals surface area (Å²) in [7, 11) is 0. The molecule has 9 nitrogen and oxygen atoms in total. The SMILES string of the molecule is CCOC(=O)CCNC(=O)Cc1cc(C(=O)OCC)ccc1OCCCc1ccc(OCCCCOC2CCCCC2)cc1. The highest BCUT2D eigenvalue weighted by molar-refractivity contribution is 5.90. The molecule has 0 atom stereocenters. The van der Waals surface area contributed by atoms with Crippen molar-refractivity contribution < 1.29 is 38.1 Å². The van der Waals surface area contributed by atoms with Crippen LogP contribution >= 0.6 is 0 Å². The van der Waals surface area contributed by atoms with Gasteiger partial charge in [0.25, 0.3) is 0 Å². The molecule has 0 saturated heterocycles. The van der Waals surface area contributed by atoms with Gasteiger partial charge in [-0.1, -0.05) is 31.4 Å². The second-order valence-electron chi connectivity index (χ2n) is 10.9. The number of nitrogens with one attached hydrogen (secondary N) is 1. The smallest absolute Gasteiger partial charge is 0.338 e. The number of unbranched alkanes of at least 4 members (excludes halogenated alkanes) is 1. The Bertz CT molecular complexity index is 1140. The summed E-state index contributed by atoms with van der Waals surface area (Å²) in [4.78, 5) is 36.4. The number of ether oxygens (including phenoxy) is 5. The predicted octanol–water partition coefficient (Wildman–Crippen LogP) is 6.00. The summed E-state index contributed by atoms with van der Waals surface area (Å²) >= 11 is 0. The zero-order valence-corrected chi connectivity index (χ0v) is 26.4. The van der Waals surface area contributed by atoms with Gasteiger partial charge in [0.15, 0.2) is 0 Å². The molecule has 2 aromatic carbocycles. The fourth-order valence-electron chi connectivity index (χ4n) is 5.06. The number of carbonyl (C=O) groups excluding carboxylic acids is 3. The van der Waals surface area contributed by atoms with Gasteiger partial charge in [-0.15, -0.1) is 0 Å². The van der Waals surface area contributed by atoms with Gasteiger partial charge in [0, 0.05) is 18.7 Å². The highest BCUT2D eigenvalue weighted by Gasteiger charge is 2.15. The Balaban J connectivity index is 1.40. The normalized spacial score (nSPS) is 13.2. The Hall–Kier alpha value is -3.59. The third-order valence-electron chi connectivity index (χ3n) is 7.38. The summed E-state index contributed by atoms with van der Waals surface area (Å²) in [5, 5.41) is 2.72. The Kier molecular flexibility index (Phi) is 16.2. The number of hydrogen-bond donors (Lipinski definition) is 1. The lowest BCUT2D eigenvalue weighted by Crippen LogP contribution is -2.28. The van der Waals surface area contributed by atoms with E-state index < -0.39 is 5.97 Å². The van der Waals surface area contributed by atoms with Crippen LogP contribution in [-0.4, -0.2) is 63.5 Å². The van der Waals surface area contributed by atoms with Crippen molar-refractivity contribution in [2.75, 3.05) is 39.6 Å². The van der Waals surface area contributed by atoms with E-state index in [9.17, 15) is 14.4 Å². The van der Waals surface area contributed by atoms with Crippen molar-refractivity contribution in [2.24, 2.45) is 0 Å². The van der Waals surface area contributed by atoms with E-state index in [-0.39, 0.29) is 37.9 Å². The van der Waals surface area contributed by atoms with Gasteiger partial charge in [-0.05, 0) is 88.3 Å². The van der Waals surface area contributed by atoms with E-state index >= 15 is 0 Å². The van der Waals surface area contributed by atoms with Crippen molar-refractivity contribution in [3.8, 4) is 11.5 Å². The molecule has 0 aromatic heterocycles. The van der Waals surface area contributed by atoms with Gasteiger partial charge in [-0.25, -0.2) is 4.79 Å². The molecule has 0 bridgehead atoms. The summed E-state index contributed by atoms with van der Waals surface area (Å²) in [6.45, 7) is 6.13. The molecule has 1 N–H and O–H groups in total. The van der Waals surface area contributed by atoms with Crippen LogP contribution in [0.25, 0.3) is 0 Å². The Morgan fingerprint density at radius 3 is 2.30 bits per heavy atom. The number of hydrogen-bond acceptors (Lipinski definition) is 8. The molecule has 1 saturated carbocycles. The minimum Gasteiger partial charge on any atom is -0.494 e. The lowest BCUT2D eigenvalue weighted by molar-refractivity contribution is -0.143. The molecule has 1 aliphatic carbocycles. The van der Waals surface area contributed by atoms with Crippen LogP contribution in [0, 0.1) is 0 Å². The molecular weight excluding hydrogens is 562 g/mol. The van der Waals surface area contributed by atoms with Crippen LogP contribution in [0.3, 0.4) is 0 Å². The van der Waals surface area contributed by atoms with Gasteiger partial charge in [0.1, 0.15) is 11.5 Å². The quantitative estimate of drug-likeness (QED) is 0.144. The molecule has 3 rings (SSSR count). The summed E-state index contributed by atoms with van der Waals surface area (Å²) < 4.78 is 27.9. The predicted molar refractivity (Wildman–Crippen MR) is 168 cm³/mol. The molecule has 0 heterocycles. The fraction of sp³-hybridized carbons (Fsp3) is 0.571. The number of carbonyl (C=O) groups is 3. The average Bonchev–Trinajstić information content (AvgIpc) is 3.03. The summed E-state index contributed by atoms with van der Waals surface area (Å²) in [5.74, 6) is 0.292. The van der Waals surface area contributed by atoms with Crippen LogP contribution < -0.4 is 14.8 Å². The Morgan fingerprint density at radius 1 is 0.818 bits per heavy atom. The first-order valence-corrected chi connectivity index (χ1v) is 16.2. The van der Waals surface area contributed by atoms with Gasteiger partial charge in [-0.3, -0.25) is 9.59 Å².